The summed E-state index contributed by atoms with van der Waals surface area (Å²) in [6, 6.07) is 3.26. The highest BCUT2D eigenvalue weighted by Gasteiger charge is 2.24. The molecule has 0 unspecified atom stereocenters. The van der Waals surface area contributed by atoms with E-state index in [-0.39, 0.29) is 17.6 Å². The van der Waals surface area contributed by atoms with Gasteiger partial charge in [-0.2, -0.15) is 0 Å². The molecular formula is C16H17N3O3S. The van der Waals surface area contributed by atoms with Gasteiger partial charge in [0, 0.05) is 24.3 Å². The van der Waals surface area contributed by atoms with Crippen LogP contribution in [-0.2, 0) is 17.8 Å². The molecule has 1 aliphatic heterocycles. The van der Waals surface area contributed by atoms with E-state index < -0.39 is 0 Å². The van der Waals surface area contributed by atoms with E-state index in [1.54, 1.807) is 18.2 Å². The molecule has 3 rings (SSSR count). The second kappa shape index (κ2) is 6.78. The van der Waals surface area contributed by atoms with E-state index in [1.165, 1.54) is 17.6 Å². The van der Waals surface area contributed by atoms with Gasteiger partial charge in [0.15, 0.2) is 10.9 Å². The van der Waals surface area contributed by atoms with Crippen LogP contribution in [0.3, 0.4) is 0 Å². The molecular weight excluding hydrogens is 314 g/mol. The van der Waals surface area contributed by atoms with Crippen LogP contribution in [0, 0.1) is 0 Å². The van der Waals surface area contributed by atoms with Crippen molar-refractivity contribution in [2.24, 2.45) is 0 Å². The topological polar surface area (TPSA) is 75.4 Å². The molecule has 2 aromatic rings. The highest BCUT2D eigenvalue weighted by Crippen LogP contribution is 2.29. The van der Waals surface area contributed by atoms with Gasteiger partial charge in [-0.05, 0) is 18.6 Å². The lowest BCUT2D eigenvalue weighted by Gasteiger charge is -2.25. The maximum atomic E-state index is 12.1. The Morgan fingerprint density at radius 3 is 3.13 bits per heavy atom. The van der Waals surface area contributed by atoms with Crippen molar-refractivity contribution in [3.8, 4) is 0 Å². The lowest BCUT2D eigenvalue weighted by molar-refractivity contribution is -0.132. The number of hydrogen-bond donors (Lipinski definition) is 1. The molecule has 0 saturated heterocycles. The van der Waals surface area contributed by atoms with Crippen molar-refractivity contribution in [1.82, 2.24) is 9.88 Å². The largest absolute Gasteiger partial charge is 0.459 e. The molecule has 0 radical (unpaired) electrons. The number of hydrogen-bond acceptors (Lipinski definition) is 5. The summed E-state index contributed by atoms with van der Waals surface area (Å²) in [5, 5.41) is 3.28. The van der Waals surface area contributed by atoms with Crippen LogP contribution in [0.2, 0.25) is 0 Å². The van der Waals surface area contributed by atoms with Crippen LogP contribution >= 0.6 is 11.3 Å². The summed E-state index contributed by atoms with van der Waals surface area (Å²) < 4.78 is 5.06. The maximum Gasteiger partial charge on any atom is 0.293 e. The Labute approximate surface area is 137 Å². The first-order valence-corrected chi connectivity index (χ1v) is 8.21. The molecule has 1 N–H and O–H groups in total. The van der Waals surface area contributed by atoms with E-state index in [2.05, 4.69) is 16.9 Å². The number of rotatable bonds is 5. The predicted molar refractivity (Wildman–Crippen MR) is 87.3 cm³/mol. The Morgan fingerprint density at radius 1 is 1.52 bits per heavy atom. The number of thiazole rings is 1. The summed E-state index contributed by atoms with van der Waals surface area (Å²) in [5.74, 6) is 0.0598. The molecule has 1 aliphatic rings. The van der Waals surface area contributed by atoms with E-state index >= 15 is 0 Å². The summed E-state index contributed by atoms with van der Waals surface area (Å²) in [7, 11) is 0. The molecule has 0 atom stereocenters. The Bertz CT molecular complexity index is 721. The average molecular weight is 331 g/mol. The third-order valence-corrected chi connectivity index (χ3v) is 4.61. The Hall–Kier alpha value is -2.41. The number of nitrogens with zero attached hydrogens (tertiary/aromatic N) is 2. The first kappa shape index (κ1) is 15.5. The Kier molecular flexibility index (Phi) is 4.57. The normalized spacial score (nSPS) is 13.5. The van der Waals surface area contributed by atoms with Crippen molar-refractivity contribution in [2.45, 2.75) is 25.8 Å². The minimum atomic E-state index is -0.319. The first-order valence-electron chi connectivity index (χ1n) is 7.39. The Morgan fingerprint density at radius 2 is 2.39 bits per heavy atom. The minimum absolute atomic E-state index is 0.130. The van der Waals surface area contributed by atoms with Crippen molar-refractivity contribution in [3.63, 3.8) is 0 Å². The fourth-order valence-electron chi connectivity index (χ4n) is 2.41. The first-order chi connectivity index (χ1) is 11.2. The van der Waals surface area contributed by atoms with Gasteiger partial charge >= 0.3 is 0 Å². The summed E-state index contributed by atoms with van der Waals surface area (Å²) in [5.41, 5.74) is 0.956. The maximum absolute atomic E-state index is 12.1. The number of aromatic nitrogens is 1. The van der Waals surface area contributed by atoms with Crippen LogP contribution in [0.4, 0.5) is 5.13 Å². The van der Waals surface area contributed by atoms with Crippen LogP contribution in [0.15, 0.2) is 35.5 Å². The molecule has 120 valence electrons. The summed E-state index contributed by atoms with van der Waals surface area (Å²) in [6.45, 7) is 4.86. The smallest absolute Gasteiger partial charge is 0.293 e. The second-order valence-electron chi connectivity index (χ2n) is 5.21. The molecule has 2 aromatic heterocycles. The summed E-state index contributed by atoms with van der Waals surface area (Å²) in [4.78, 5) is 31.4. The SMILES string of the molecule is C=CCCC(=O)N1CCc2nc(NC(=O)c3ccco3)sc2C1. The van der Waals surface area contributed by atoms with Gasteiger partial charge in [-0.25, -0.2) is 4.98 Å². The number of carbonyl (C=O) groups is 2. The van der Waals surface area contributed by atoms with Gasteiger partial charge in [-0.1, -0.05) is 17.4 Å². The minimum Gasteiger partial charge on any atom is -0.459 e. The molecule has 23 heavy (non-hydrogen) atoms. The van der Waals surface area contributed by atoms with E-state index in [9.17, 15) is 9.59 Å². The number of carbonyl (C=O) groups excluding carboxylic acids is 2. The molecule has 0 aliphatic carbocycles. The van der Waals surface area contributed by atoms with Gasteiger partial charge in [-0.3, -0.25) is 14.9 Å². The number of nitrogens with one attached hydrogen (secondary N) is 1. The molecule has 0 saturated carbocycles. The van der Waals surface area contributed by atoms with Gasteiger partial charge in [0.05, 0.1) is 18.5 Å². The van der Waals surface area contributed by atoms with Crippen LogP contribution in [0.5, 0.6) is 0 Å². The van der Waals surface area contributed by atoms with Gasteiger partial charge in [0.1, 0.15) is 0 Å². The van der Waals surface area contributed by atoms with Gasteiger partial charge < -0.3 is 9.32 Å². The standard InChI is InChI=1S/C16H17N3O3S/c1-2-3-6-14(20)19-8-7-11-13(10-19)23-16(17-11)18-15(21)12-5-4-9-22-12/h2,4-5,9H,1,3,6-8,10H2,(H,17,18,21). The van der Waals surface area contributed by atoms with Crippen LogP contribution < -0.4 is 5.32 Å². The van der Waals surface area contributed by atoms with Gasteiger partial charge in [0.2, 0.25) is 5.91 Å². The van der Waals surface area contributed by atoms with Crippen molar-refractivity contribution in [1.29, 1.82) is 0 Å². The molecule has 0 fully saturated rings. The van der Waals surface area contributed by atoms with Crippen LogP contribution in [-0.4, -0.2) is 28.2 Å². The molecule has 7 heteroatoms. The fraction of sp³-hybridized carbons (Fsp3) is 0.312. The number of furan rings is 1. The monoisotopic (exact) mass is 331 g/mol. The fourth-order valence-corrected chi connectivity index (χ4v) is 3.43. The van der Waals surface area contributed by atoms with Crippen molar-refractivity contribution < 1.29 is 14.0 Å². The lowest BCUT2D eigenvalue weighted by atomic mass is 10.1. The zero-order valence-corrected chi connectivity index (χ0v) is 13.4. The Balaban J connectivity index is 1.65. The summed E-state index contributed by atoms with van der Waals surface area (Å²) in [6.07, 6.45) is 5.09. The molecule has 3 heterocycles. The van der Waals surface area contributed by atoms with Crippen LogP contribution in [0.1, 0.15) is 34.0 Å². The molecule has 6 nitrogen and oxygen atoms in total. The lowest BCUT2D eigenvalue weighted by Crippen LogP contribution is -2.35. The highest BCUT2D eigenvalue weighted by molar-refractivity contribution is 7.15. The third-order valence-electron chi connectivity index (χ3n) is 3.61. The zero-order valence-electron chi connectivity index (χ0n) is 12.6. The highest BCUT2D eigenvalue weighted by atomic mass is 32.1. The third kappa shape index (κ3) is 3.50. The van der Waals surface area contributed by atoms with Gasteiger partial charge in [-0.15, -0.1) is 6.58 Å². The van der Waals surface area contributed by atoms with Crippen molar-refractivity contribution >= 4 is 28.3 Å². The molecule has 2 amide bonds. The number of amides is 2. The molecule has 0 spiro atoms. The number of fused-ring (bicyclic) bond motifs is 1. The average Bonchev–Trinajstić information content (AvgIpc) is 3.20. The van der Waals surface area contributed by atoms with Crippen molar-refractivity contribution in [3.05, 3.63) is 47.4 Å². The molecule has 0 bridgehead atoms. The summed E-state index contributed by atoms with van der Waals surface area (Å²) >= 11 is 1.41. The zero-order chi connectivity index (χ0) is 16.2. The van der Waals surface area contributed by atoms with Gasteiger partial charge in [0.25, 0.3) is 5.91 Å². The number of allylic oxidation sites excluding steroid dienone is 1. The quantitative estimate of drug-likeness (QED) is 0.855. The second-order valence-corrected chi connectivity index (χ2v) is 6.30. The predicted octanol–water partition coefficient (Wildman–Crippen LogP) is 2.84. The van der Waals surface area contributed by atoms with E-state index in [1.807, 2.05) is 4.90 Å². The number of anilines is 1. The molecule has 0 aromatic carbocycles. The van der Waals surface area contributed by atoms with Crippen molar-refractivity contribution in [2.75, 3.05) is 11.9 Å². The van der Waals surface area contributed by atoms with E-state index in [4.69, 9.17) is 4.42 Å². The van der Waals surface area contributed by atoms with E-state index in [0.29, 0.717) is 37.5 Å². The van der Waals surface area contributed by atoms with E-state index in [0.717, 1.165) is 10.6 Å². The van der Waals surface area contributed by atoms with Crippen LogP contribution in [0.25, 0.3) is 0 Å².